The predicted octanol–water partition coefficient (Wildman–Crippen LogP) is 6.09. The lowest BCUT2D eigenvalue weighted by atomic mass is 9.90. The Hall–Kier alpha value is -4.58. The molecule has 2 atom stereocenters. The maximum Gasteiger partial charge on any atom is 0.323 e. The minimum Gasteiger partial charge on any atom is -0.496 e. The maximum absolute atomic E-state index is 15.6. The van der Waals surface area contributed by atoms with Crippen LogP contribution in [0, 0.1) is 19.7 Å². The Morgan fingerprint density at radius 1 is 1.02 bits per heavy atom. The molecule has 258 valence electrons. The number of carboxylic acids is 1. The van der Waals surface area contributed by atoms with Gasteiger partial charge in [-0.2, -0.15) is 5.10 Å². The van der Waals surface area contributed by atoms with Crippen molar-refractivity contribution in [3.8, 4) is 28.0 Å². The van der Waals surface area contributed by atoms with E-state index < -0.39 is 17.3 Å². The van der Waals surface area contributed by atoms with Crippen molar-refractivity contribution in [3.05, 3.63) is 88.5 Å². The number of aryl methyl sites for hydroxylation is 1. The smallest absolute Gasteiger partial charge is 0.323 e. The van der Waals surface area contributed by atoms with Crippen molar-refractivity contribution in [3.63, 3.8) is 0 Å². The summed E-state index contributed by atoms with van der Waals surface area (Å²) >= 11 is 0. The molecule has 6 rings (SSSR count). The first-order valence-electron chi connectivity index (χ1n) is 16.7. The number of hydrogen-bond donors (Lipinski definition) is 4. The summed E-state index contributed by atoms with van der Waals surface area (Å²) in [7, 11) is 1.47. The lowest BCUT2D eigenvalue weighted by Gasteiger charge is -2.31. The topological polar surface area (TPSA) is 129 Å². The normalized spacial score (nSPS) is 17.9. The van der Waals surface area contributed by atoms with Crippen LogP contribution in [0.4, 0.5) is 10.1 Å². The molecule has 1 amide bonds. The predicted molar refractivity (Wildman–Crippen MR) is 186 cm³/mol. The van der Waals surface area contributed by atoms with E-state index in [9.17, 15) is 19.8 Å². The number of nitrogens with zero attached hydrogens (tertiary/aromatic N) is 3. The highest BCUT2D eigenvalue weighted by Crippen LogP contribution is 2.38. The summed E-state index contributed by atoms with van der Waals surface area (Å²) < 4.78 is 23.0. The number of benzene rings is 3. The maximum atomic E-state index is 15.6. The number of amides is 1. The highest BCUT2D eigenvalue weighted by atomic mass is 19.1. The zero-order valence-electron chi connectivity index (χ0n) is 28.6. The molecule has 3 heterocycles. The summed E-state index contributed by atoms with van der Waals surface area (Å²) in [5.41, 5.74) is 6.18. The van der Waals surface area contributed by atoms with E-state index in [1.54, 1.807) is 6.07 Å². The van der Waals surface area contributed by atoms with Crippen LogP contribution in [0.3, 0.4) is 0 Å². The third-order valence-electron chi connectivity index (χ3n) is 10.0. The summed E-state index contributed by atoms with van der Waals surface area (Å²) in [6.45, 7) is 9.21. The number of ether oxygens (including phenoxy) is 1. The van der Waals surface area contributed by atoms with Gasteiger partial charge in [0, 0.05) is 37.4 Å². The molecule has 49 heavy (non-hydrogen) atoms. The number of anilines is 1. The summed E-state index contributed by atoms with van der Waals surface area (Å²) in [5, 5.41) is 30.2. The monoisotopic (exact) mass is 669 g/mol. The highest BCUT2D eigenvalue weighted by Gasteiger charge is 2.33. The fourth-order valence-corrected chi connectivity index (χ4v) is 6.99. The van der Waals surface area contributed by atoms with Crippen LogP contribution in [0.1, 0.15) is 72.0 Å². The molecule has 11 heteroatoms. The van der Waals surface area contributed by atoms with Crippen molar-refractivity contribution in [1.29, 1.82) is 0 Å². The van der Waals surface area contributed by atoms with Crippen LogP contribution < -0.4 is 15.4 Å². The van der Waals surface area contributed by atoms with E-state index in [0.717, 1.165) is 65.9 Å². The van der Waals surface area contributed by atoms with Gasteiger partial charge in [0.25, 0.3) is 5.91 Å². The zero-order chi connectivity index (χ0) is 35.0. The SMILES string of the molecule is COc1cc(-c2cccc(-c3cccc(NC(=O)c4cc5n(n4)CCCC5N4CC[C@@H](O)C4)c3C)c2C)cc(F)c1CNC(C)(C)C(=O)O. The van der Waals surface area contributed by atoms with Crippen molar-refractivity contribution in [2.24, 2.45) is 0 Å². The van der Waals surface area contributed by atoms with Crippen LogP contribution in [0.5, 0.6) is 5.75 Å². The number of carbonyl (C=O) groups is 2. The Labute approximate surface area is 285 Å². The molecule has 0 saturated carbocycles. The van der Waals surface area contributed by atoms with E-state index in [4.69, 9.17) is 4.74 Å². The lowest BCUT2D eigenvalue weighted by Crippen LogP contribution is -2.46. The van der Waals surface area contributed by atoms with Crippen LogP contribution in [0.15, 0.2) is 54.6 Å². The Bertz CT molecular complexity index is 1900. The molecule has 4 N–H and O–H groups in total. The number of carboxylic acid groups (broad SMARTS) is 1. The second kappa shape index (κ2) is 13.7. The standard InChI is InChI=1S/C38H44FN5O5/c1-22-26(24-17-30(39)29(35(18-24)49-5)20-40-38(3,4)37(47)48)9-6-10-27(22)28-11-7-12-31(23(28)2)41-36(46)32-19-34-33(13-8-15-44(34)42-32)43-16-14-25(45)21-43/h6-7,9-12,17-19,25,33,40,45H,8,13-16,20-21H2,1-5H3,(H,41,46)(H,47,48)/t25-,33?/m1/s1. The van der Waals surface area contributed by atoms with Crippen LogP contribution in [0.25, 0.3) is 22.3 Å². The van der Waals surface area contributed by atoms with Crippen LogP contribution in [0.2, 0.25) is 0 Å². The molecule has 1 unspecified atom stereocenters. The molecule has 0 aliphatic carbocycles. The van der Waals surface area contributed by atoms with Gasteiger partial charge in [-0.3, -0.25) is 24.5 Å². The Kier molecular flexibility index (Phi) is 9.61. The Morgan fingerprint density at radius 2 is 1.73 bits per heavy atom. The minimum absolute atomic E-state index is 0.0178. The number of aliphatic hydroxyl groups is 1. The number of aliphatic carboxylic acids is 1. The molecule has 10 nitrogen and oxygen atoms in total. The number of hydrogen-bond acceptors (Lipinski definition) is 7. The quantitative estimate of drug-likeness (QED) is 0.160. The van der Waals surface area contributed by atoms with E-state index >= 15 is 4.39 Å². The van der Waals surface area contributed by atoms with Gasteiger partial charge in [0.1, 0.15) is 17.1 Å². The summed E-state index contributed by atoms with van der Waals surface area (Å²) in [5.74, 6) is -1.50. The molecule has 0 spiro atoms. The largest absolute Gasteiger partial charge is 0.496 e. The average Bonchev–Trinajstić information content (AvgIpc) is 3.71. The first kappa shape index (κ1) is 34.3. The van der Waals surface area contributed by atoms with Crippen molar-refractivity contribution < 1.29 is 28.9 Å². The molecule has 3 aromatic carbocycles. The number of aliphatic hydroxyl groups excluding tert-OH is 1. The Morgan fingerprint density at radius 3 is 2.43 bits per heavy atom. The fourth-order valence-electron chi connectivity index (χ4n) is 6.99. The molecule has 1 saturated heterocycles. The van der Waals surface area contributed by atoms with Crippen molar-refractivity contribution in [2.45, 2.75) is 77.7 Å². The van der Waals surface area contributed by atoms with E-state index in [-0.39, 0.29) is 30.2 Å². The van der Waals surface area contributed by atoms with Crippen molar-refractivity contribution >= 4 is 17.6 Å². The number of aromatic nitrogens is 2. The van der Waals surface area contributed by atoms with E-state index in [0.29, 0.717) is 29.2 Å². The van der Waals surface area contributed by atoms with E-state index in [1.807, 2.05) is 61.0 Å². The number of carbonyl (C=O) groups excluding carboxylic acids is 1. The second-order valence-corrected chi connectivity index (χ2v) is 13.6. The van der Waals surface area contributed by atoms with Crippen molar-refractivity contribution in [1.82, 2.24) is 20.0 Å². The fraction of sp³-hybridized carbons (Fsp3) is 0.395. The van der Waals surface area contributed by atoms with Gasteiger partial charge in [-0.1, -0.05) is 30.3 Å². The molecule has 2 aliphatic heterocycles. The van der Waals surface area contributed by atoms with Crippen molar-refractivity contribution in [2.75, 3.05) is 25.5 Å². The highest BCUT2D eigenvalue weighted by molar-refractivity contribution is 6.04. The molecular weight excluding hydrogens is 625 g/mol. The van der Waals surface area contributed by atoms with Gasteiger partial charge in [-0.05, 0) is 105 Å². The molecule has 4 aromatic rings. The third-order valence-corrected chi connectivity index (χ3v) is 10.0. The van der Waals surface area contributed by atoms with E-state index in [1.165, 1.54) is 27.0 Å². The second-order valence-electron chi connectivity index (χ2n) is 13.6. The molecular formula is C38H44FN5O5. The van der Waals surface area contributed by atoms with Gasteiger partial charge < -0.3 is 20.3 Å². The van der Waals surface area contributed by atoms with Gasteiger partial charge in [-0.25, -0.2) is 4.39 Å². The number of fused-ring (bicyclic) bond motifs is 1. The molecule has 0 bridgehead atoms. The number of methoxy groups -OCH3 is 1. The molecule has 1 fully saturated rings. The van der Waals surface area contributed by atoms with E-state index in [2.05, 4.69) is 20.6 Å². The van der Waals surface area contributed by atoms with Gasteiger partial charge in [0.2, 0.25) is 0 Å². The van der Waals surface area contributed by atoms with Crippen LogP contribution >= 0.6 is 0 Å². The number of halogens is 1. The minimum atomic E-state index is -1.24. The summed E-state index contributed by atoms with van der Waals surface area (Å²) in [6, 6.07) is 16.9. The average molecular weight is 670 g/mol. The third kappa shape index (κ3) is 6.83. The number of β-amino-alcohol motifs (C(OH)–C–C–N with tert-alkyl or cyclic N) is 1. The zero-order valence-corrected chi connectivity index (χ0v) is 28.6. The Balaban J connectivity index is 1.25. The molecule has 1 aromatic heterocycles. The van der Waals surface area contributed by atoms with Gasteiger partial charge in [-0.15, -0.1) is 0 Å². The first-order chi connectivity index (χ1) is 23.4. The summed E-state index contributed by atoms with van der Waals surface area (Å²) in [6.07, 6.45) is 2.40. The van der Waals surface area contributed by atoms with Crippen LogP contribution in [-0.4, -0.2) is 68.6 Å². The lowest BCUT2D eigenvalue weighted by molar-refractivity contribution is -0.143. The number of rotatable bonds is 10. The van der Waals surface area contributed by atoms with Gasteiger partial charge in [0.05, 0.1) is 24.9 Å². The van der Waals surface area contributed by atoms with Crippen LogP contribution in [-0.2, 0) is 17.9 Å². The number of nitrogens with one attached hydrogen (secondary N) is 2. The van der Waals surface area contributed by atoms with Gasteiger partial charge >= 0.3 is 5.97 Å². The molecule has 0 radical (unpaired) electrons. The molecule has 2 aliphatic rings. The number of likely N-dealkylation sites (tertiary alicyclic amines) is 1. The summed E-state index contributed by atoms with van der Waals surface area (Å²) in [4.78, 5) is 27.4. The first-order valence-corrected chi connectivity index (χ1v) is 16.7. The van der Waals surface area contributed by atoms with Gasteiger partial charge in [0.15, 0.2) is 5.69 Å².